The van der Waals surface area contributed by atoms with Gasteiger partial charge in [-0.3, -0.25) is 0 Å². The number of nitrogens with two attached hydrogens (primary N) is 2. The Kier molecular flexibility index (Phi) is 20.3. The minimum absolute atomic E-state index is 0.649. The van der Waals surface area contributed by atoms with Crippen LogP contribution in [-0.2, 0) is 0 Å². The van der Waals surface area contributed by atoms with Crippen LogP contribution in [0.4, 0.5) is 11.4 Å². The fourth-order valence-electron chi connectivity index (χ4n) is 3.30. The number of benzene rings is 1. The summed E-state index contributed by atoms with van der Waals surface area (Å²) in [5.41, 5.74) is 12.7. The Labute approximate surface area is 182 Å². The lowest BCUT2D eigenvalue weighted by Crippen LogP contribution is -2.01. The molecule has 0 spiro atoms. The molecule has 170 valence electrons. The van der Waals surface area contributed by atoms with E-state index in [-0.39, 0.29) is 0 Å². The van der Waals surface area contributed by atoms with E-state index in [1.54, 1.807) is 18.2 Å². The van der Waals surface area contributed by atoms with E-state index in [9.17, 15) is 0 Å². The van der Waals surface area contributed by atoms with Gasteiger partial charge in [0.15, 0.2) is 0 Å². The highest BCUT2D eigenvalue weighted by Gasteiger charge is 2.00. The fourth-order valence-corrected chi connectivity index (χ4v) is 3.30. The molecule has 0 saturated carbocycles. The van der Waals surface area contributed by atoms with Crippen molar-refractivity contribution < 1.29 is 4.74 Å². The van der Waals surface area contributed by atoms with Crippen LogP contribution in [0.25, 0.3) is 0 Å². The molecule has 3 heteroatoms. The van der Waals surface area contributed by atoms with Gasteiger partial charge in [-0.1, -0.05) is 117 Å². The summed E-state index contributed by atoms with van der Waals surface area (Å²) in [6, 6.07) is 5.31. The molecule has 0 amide bonds. The molecule has 0 atom stereocenters. The molecule has 0 fully saturated rings. The molecular weight excluding hydrogens is 356 g/mol. The SMILES string of the molecule is CCCCCCCCCCCCCCC.CCCCCOc1cc(N)ccc1N. The third-order valence-electron chi connectivity index (χ3n) is 5.25. The summed E-state index contributed by atoms with van der Waals surface area (Å²) in [6.07, 6.45) is 22.4. The number of ether oxygens (including phenoxy) is 1. The first-order valence-electron chi connectivity index (χ1n) is 12.4. The van der Waals surface area contributed by atoms with Gasteiger partial charge in [0.1, 0.15) is 5.75 Å². The molecule has 0 radical (unpaired) electrons. The monoisotopic (exact) mass is 406 g/mol. The number of nitrogen functional groups attached to an aromatic ring is 2. The van der Waals surface area contributed by atoms with Crippen LogP contribution in [0.1, 0.15) is 124 Å². The third-order valence-corrected chi connectivity index (χ3v) is 5.25. The number of unbranched alkanes of at least 4 members (excludes halogenated alkanes) is 14. The van der Waals surface area contributed by atoms with Crippen molar-refractivity contribution in [3.63, 3.8) is 0 Å². The fraction of sp³-hybridized carbons (Fsp3) is 0.769. The van der Waals surface area contributed by atoms with Gasteiger partial charge in [-0.05, 0) is 18.6 Å². The van der Waals surface area contributed by atoms with E-state index in [4.69, 9.17) is 16.2 Å². The zero-order chi connectivity index (χ0) is 21.6. The first-order chi connectivity index (χ1) is 14.2. The number of hydrogen-bond acceptors (Lipinski definition) is 3. The molecule has 0 aromatic heterocycles. The molecule has 1 aromatic carbocycles. The van der Waals surface area contributed by atoms with Crippen molar-refractivity contribution in [1.29, 1.82) is 0 Å². The predicted molar refractivity (Wildman–Crippen MR) is 132 cm³/mol. The summed E-state index contributed by atoms with van der Waals surface area (Å²) in [6.45, 7) is 7.45. The topological polar surface area (TPSA) is 61.3 Å². The standard InChI is InChI=1S/C15H32.C11H18N2O/c1-3-5-7-9-11-13-15-14-12-10-8-6-4-2;1-2-3-4-7-14-11-8-9(12)5-6-10(11)13/h3-15H2,1-2H3;5-6,8H,2-4,7,12-13H2,1H3. The third kappa shape index (κ3) is 18.4. The van der Waals surface area contributed by atoms with Crippen LogP contribution >= 0.6 is 0 Å². The van der Waals surface area contributed by atoms with Crippen LogP contribution in [0.5, 0.6) is 5.75 Å². The largest absolute Gasteiger partial charge is 0.491 e. The van der Waals surface area contributed by atoms with Crippen LogP contribution in [0.3, 0.4) is 0 Å². The van der Waals surface area contributed by atoms with Crippen LogP contribution in [0.2, 0.25) is 0 Å². The summed E-state index contributed by atoms with van der Waals surface area (Å²) in [5, 5.41) is 0. The highest BCUT2D eigenvalue weighted by atomic mass is 16.5. The molecule has 0 aliphatic rings. The maximum absolute atomic E-state index is 5.72. The smallest absolute Gasteiger partial charge is 0.144 e. The van der Waals surface area contributed by atoms with E-state index in [0.717, 1.165) is 6.42 Å². The zero-order valence-electron chi connectivity index (χ0n) is 19.8. The summed E-state index contributed by atoms with van der Waals surface area (Å²) in [5.74, 6) is 0.695. The second-order valence-corrected chi connectivity index (χ2v) is 8.24. The van der Waals surface area contributed by atoms with Gasteiger partial charge < -0.3 is 16.2 Å². The lowest BCUT2D eigenvalue weighted by molar-refractivity contribution is 0.308. The van der Waals surface area contributed by atoms with E-state index < -0.39 is 0 Å². The molecule has 0 aliphatic carbocycles. The number of rotatable bonds is 17. The van der Waals surface area contributed by atoms with Crippen LogP contribution in [-0.4, -0.2) is 6.61 Å². The van der Waals surface area contributed by atoms with Crippen LogP contribution < -0.4 is 16.2 Å². The van der Waals surface area contributed by atoms with Gasteiger partial charge in [0, 0.05) is 11.8 Å². The normalized spacial score (nSPS) is 10.4. The molecular formula is C26H50N2O. The minimum atomic E-state index is 0.649. The zero-order valence-corrected chi connectivity index (χ0v) is 19.8. The Morgan fingerprint density at radius 3 is 1.45 bits per heavy atom. The molecule has 0 heterocycles. The predicted octanol–water partition coefficient (Wildman–Crippen LogP) is 8.52. The van der Waals surface area contributed by atoms with E-state index in [1.165, 1.54) is 96.3 Å². The van der Waals surface area contributed by atoms with Crippen molar-refractivity contribution in [3.05, 3.63) is 18.2 Å². The highest BCUT2D eigenvalue weighted by Crippen LogP contribution is 2.24. The van der Waals surface area contributed by atoms with E-state index >= 15 is 0 Å². The molecule has 29 heavy (non-hydrogen) atoms. The molecule has 0 saturated heterocycles. The molecule has 0 unspecified atom stereocenters. The van der Waals surface area contributed by atoms with Gasteiger partial charge in [-0.15, -0.1) is 0 Å². The van der Waals surface area contributed by atoms with Gasteiger partial charge in [0.25, 0.3) is 0 Å². The summed E-state index contributed by atoms with van der Waals surface area (Å²) in [7, 11) is 0. The second kappa shape index (κ2) is 21.3. The lowest BCUT2D eigenvalue weighted by Gasteiger charge is -2.08. The average molecular weight is 407 g/mol. The molecule has 4 N–H and O–H groups in total. The summed E-state index contributed by atoms with van der Waals surface area (Å²) >= 11 is 0. The molecule has 0 bridgehead atoms. The van der Waals surface area contributed by atoms with Crippen molar-refractivity contribution in [2.24, 2.45) is 0 Å². The van der Waals surface area contributed by atoms with Crippen molar-refractivity contribution in [2.45, 2.75) is 124 Å². The van der Waals surface area contributed by atoms with E-state index in [0.29, 0.717) is 23.7 Å². The van der Waals surface area contributed by atoms with Crippen molar-refractivity contribution in [1.82, 2.24) is 0 Å². The Bertz CT molecular complexity index is 450. The van der Waals surface area contributed by atoms with E-state index in [1.807, 2.05) is 0 Å². The minimum Gasteiger partial charge on any atom is -0.491 e. The summed E-state index contributed by atoms with van der Waals surface area (Å²) < 4.78 is 5.51. The van der Waals surface area contributed by atoms with Gasteiger partial charge in [0.05, 0.1) is 12.3 Å². The van der Waals surface area contributed by atoms with Crippen LogP contribution in [0, 0.1) is 0 Å². The van der Waals surface area contributed by atoms with Crippen molar-refractivity contribution in [3.8, 4) is 5.75 Å². The maximum Gasteiger partial charge on any atom is 0.144 e. The maximum atomic E-state index is 5.72. The second-order valence-electron chi connectivity index (χ2n) is 8.24. The van der Waals surface area contributed by atoms with Gasteiger partial charge in [0.2, 0.25) is 0 Å². The molecule has 1 rings (SSSR count). The van der Waals surface area contributed by atoms with Crippen molar-refractivity contribution in [2.75, 3.05) is 18.1 Å². The van der Waals surface area contributed by atoms with Gasteiger partial charge >= 0.3 is 0 Å². The highest BCUT2D eigenvalue weighted by molar-refractivity contribution is 5.59. The average Bonchev–Trinajstić information content (AvgIpc) is 2.72. The summed E-state index contributed by atoms with van der Waals surface area (Å²) in [4.78, 5) is 0. The Hall–Kier alpha value is -1.38. The Morgan fingerprint density at radius 2 is 1.00 bits per heavy atom. The first-order valence-corrected chi connectivity index (χ1v) is 12.4. The van der Waals surface area contributed by atoms with Crippen LogP contribution in [0.15, 0.2) is 18.2 Å². The van der Waals surface area contributed by atoms with Crippen molar-refractivity contribution >= 4 is 11.4 Å². The number of hydrogen-bond donors (Lipinski definition) is 2. The van der Waals surface area contributed by atoms with Gasteiger partial charge in [-0.25, -0.2) is 0 Å². The van der Waals surface area contributed by atoms with E-state index in [2.05, 4.69) is 20.8 Å². The Morgan fingerprint density at radius 1 is 0.586 bits per heavy atom. The first kappa shape index (κ1) is 27.6. The lowest BCUT2D eigenvalue weighted by atomic mass is 10.1. The number of anilines is 2. The molecule has 3 nitrogen and oxygen atoms in total. The molecule has 1 aromatic rings. The Balaban J connectivity index is 0.000000541. The molecule has 0 aliphatic heterocycles. The van der Waals surface area contributed by atoms with Gasteiger partial charge in [-0.2, -0.15) is 0 Å². The quantitative estimate of drug-likeness (QED) is 0.201.